The van der Waals surface area contributed by atoms with Crippen molar-refractivity contribution in [3.8, 4) is 0 Å². The molecule has 2 amide bonds. The molecule has 0 bridgehead atoms. The van der Waals surface area contributed by atoms with Gasteiger partial charge in [-0.2, -0.15) is 0 Å². The number of hydrogen-bond donors (Lipinski definition) is 3. The van der Waals surface area contributed by atoms with Gasteiger partial charge in [-0.15, -0.1) is 0 Å². The summed E-state index contributed by atoms with van der Waals surface area (Å²) in [6.45, 7) is 2.48. The highest BCUT2D eigenvalue weighted by molar-refractivity contribution is 6.00. The van der Waals surface area contributed by atoms with E-state index in [9.17, 15) is 14.0 Å². The highest BCUT2D eigenvalue weighted by Crippen LogP contribution is 2.18. The normalized spacial score (nSPS) is 21.6. The number of nitrogens with one attached hydrogen (secondary N) is 2. The summed E-state index contributed by atoms with van der Waals surface area (Å²) >= 11 is 0. The number of aromatic carboxylic acids is 1. The molecule has 1 heterocycles. The maximum Gasteiger partial charge on any atom is 0.337 e. The Balaban J connectivity index is 2.02. The Kier molecular flexibility index (Phi) is 4.74. The molecule has 1 aliphatic heterocycles. The Hall–Kier alpha value is -2.15. The van der Waals surface area contributed by atoms with Gasteiger partial charge in [-0.25, -0.2) is 14.0 Å². The predicted molar refractivity (Wildman–Crippen MR) is 73.9 cm³/mol. The topological polar surface area (TPSA) is 87.7 Å². The standard InChI is InChI=1S/C14H17FN2O4/c1-8-6-10(4-5-21-8)16-14(20)17-12-7-9(15)2-3-11(12)13(18)19/h2-3,7-8,10H,4-6H2,1H3,(H,18,19)(H2,16,17,20). The fourth-order valence-electron chi connectivity index (χ4n) is 2.28. The van der Waals surface area contributed by atoms with Crippen molar-refractivity contribution in [2.24, 2.45) is 0 Å². The van der Waals surface area contributed by atoms with Crippen molar-refractivity contribution >= 4 is 17.7 Å². The van der Waals surface area contributed by atoms with Gasteiger partial charge in [-0.1, -0.05) is 0 Å². The molecular weight excluding hydrogens is 279 g/mol. The first-order chi connectivity index (χ1) is 9.95. The number of carbonyl (C=O) groups excluding carboxylic acids is 1. The summed E-state index contributed by atoms with van der Waals surface area (Å²) in [5.74, 6) is -1.85. The number of amides is 2. The van der Waals surface area contributed by atoms with Crippen molar-refractivity contribution in [2.45, 2.75) is 31.9 Å². The lowest BCUT2D eigenvalue weighted by Crippen LogP contribution is -2.43. The molecule has 0 aromatic heterocycles. The van der Waals surface area contributed by atoms with Crippen LogP contribution in [0.5, 0.6) is 0 Å². The van der Waals surface area contributed by atoms with Crippen molar-refractivity contribution in [3.63, 3.8) is 0 Å². The van der Waals surface area contributed by atoms with E-state index in [2.05, 4.69) is 10.6 Å². The van der Waals surface area contributed by atoms with Crippen LogP contribution in [0.2, 0.25) is 0 Å². The van der Waals surface area contributed by atoms with E-state index in [-0.39, 0.29) is 23.4 Å². The molecule has 1 aromatic carbocycles. The minimum absolute atomic E-state index is 0.0458. The minimum Gasteiger partial charge on any atom is -0.478 e. The van der Waals surface area contributed by atoms with Gasteiger partial charge in [0.1, 0.15) is 5.82 Å². The summed E-state index contributed by atoms with van der Waals surface area (Å²) in [5.41, 5.74) is -0.230. The molecule has 0 aliphatic carbocycles. The molecule has 6 nitrogen and oxygen atoms in total. The molecule has 0 radical (unpaired) electrons. The van der Waals surface area contributed by atoms with Crippen LogP contribution in [0, 0.1) is 5.82 Å². The Labute approximate surface area is 121 Å². The molecule has 0 spiro atoms. The summed E-state index contributed by atoms with van der Waals surface area (Å²) < 4.78 is 18.6. The average Bonchev–Trinajstić information content (AvgIpc) is 2.38. The second-order valence-corrected chi connectivity index (χ2v) is 5.00. The Morgan fingerprint density at radius 3 is 2.86 bits per heavy atom. The van der Waals surface area contributed by atoms with Gasteiger partial charge in [-0.3, -0.25) is 0 Å². The fraction of sp³-hybridized carbons (Fsp3) is 0.429. The summed E-state index contributed by atoms with van der Waals surface area (Å²) in [7, 11) is 0. The maximum absolute atomic E-state index is 13.2. The van der Waals surface area contributed by atoms with Crippen molar-refractivity contribution in [1.29, 1.82) is 0 Å². The lowest BCUT2D eigenvalue weighted by Gasteiger charge is -2.28. The molecule has 3 N–H and O–H groups in total. The summed E-state index contributed by atoms with van der Waals surface area (Å²) in [5, 5.41) is 14.1. The van der Waals surface area contributed by atoms with Crippen LogP contribution in [0.1, 0.15) is 30.1 Å². The smallest absolute Gasteiger partial charge is 0.337 e. The molecule has 0 saturated carbocycles. The van der Waals surface area contributed by atoms with Gasteiger partial charge in [0.25, 0.3) is 0 Å². The third-order valence-electron chi connectivity index (χ3n) is 3.28. The number of hydrogen-bond acceptors (Lipinski definition) is 3. The average molecular weight is 296 g/mol. The number of carbonyl (C=O) groups is 2. The van der Waals surface area contributed by atoms with Crippen LogP contribution in [0.4, 0.5) is 14.9 Å². The van der Waals surface area contributed by atoms with E-state index in [1.54, 1.807) is 0 Å². The number of ether oxygens (including phenoxy) is 1. The first-order valence-corrected chi connectivity index (χ1v) is 6.67. The zero-order valence-corrected chi connectivity index (χ0v) is 11.6. The van der Waals surface area contributed by atoms with Gasteiger partial charge in [-0.05, 0) is 38.0 Å². The second-order valence-electron chi connectivity index (χ2n) is 5.00. The molecule has 2 unspecified atom stereocenters. The molecule has 21 heavy (non-hydrogen) atoms. The van der Waals surface area contributed by atoms with Crippen molar-refractivity contribution in [2.75, 3.05) is 11.9 Å². The van der Waals surface area contributed by atoms with Crippen LogP contribution < -0.4 is 10.6 Å². The molecule has 7 heteroatoms. The number of urea groups is 1. The van der Waals surface area contributed by atoms with Crippen LogP contribution in [-0.2, 0) is 4.74 Å². The van der Waals surface area contributed by atoms with E-state index in [1.165, 1.54) is 0 Å². The Morgan fingerprint density at radius 2 is 2.19 bits per heavy atom. The molecule has 1 fully saturated rings. The molecule has 1 aromatic rings. The Bertz CT molecular complexity index is 550. The predicted octanol–water partition coefficient (Wildman–Crippen LogP) is 2.21. The number of carboxylic acids is 1. The summed E-state index contributed by atoms with van der Waals surface area (Å²) in [6.07, 6.45) is 1.43. The van der Waals surface area contributed by atoms with Gasteiger partial charge < -0.3 is 20.5 Å². The van der Waals surface area contributed by atoms with Crippen LogP contribution in [0.25, 0.3) is 0 Å². The van der Waals surface area contributed by atoms with E-state index in [1.807, 2.05) is 6.92 Å². The minimum atomic E-state index is -1.23. The molecule has 1 aliphatic rings. The largest absolute Gasteiger partial charge is 0.478 e. The van der Waals surface area contributed by atoms with Crippen LogP contribution in [0.15, 0.2) is 18.2 Å². The lowest BCUT2D eigenvalue weighted by atomic mass is 10.0. The number of carboxylic acid groups (broad SMARTS) is 1. The van der Waals surface area contributed by atoms with Crippen molar-refractivity contribution in [1.82, 2.24) is 5.32 Å². The molecule has 1 saturated heterocycles. The Morgan fingerprint density at radius 1 is 1.43 bits per heavy atom. The second kappa shape index (κ2) is 6.53. The van der Waals surface area contributed by atoms with Crippen LogP contribution >= 0.6 is 0 Å². The monoisotopic (exact) mass is 296 g/mol. The van der Waals surface area contributed by atoms with Crippen LogP contribution in [0.3, 0.4) is 0 Å². The zero-order valence-electron chi connectivity index (χ0n) is 11.6. The van der Waals surface area contributed by atoms with E-state index in [4.69, 9.17) is 9.84 Å². The van der Waals surface area contributed by atoms with E-state index < -0.39 is 17.8 Å². The van der Waals surface area contributed by atoms with Crippen molar-refractivity contribution in [3.05, 3.63) is 29.6 Å². The number of halogens is 1. The fourth-order valence-corrected chi connectivity index (χ4v) is 2.28. The molecule has 114 valence electrons. The maximum atomic E-state index is 13.2. The zero-order chi connectivity index (χ0) is 15.4. The van der Waals surface area contributed by atoms with Crippen LogP contribution in [-0.4, -0.2) is 35.9 Å². The van der Waals surface area contributed by atoms with Gasteiger partial charge >= 0.3 is 12.0 Å². The van der Waals surface area contributed by atoms with Crippen molar-refractivity contribution < 1.29 is 23.8 Å². The number of rotatable bonds is 3. The highest BCUT2D eigenvalue weighted by atomic mass is 19.1. The lowest BCUT2D eigenvalue weighted by molar-refractivity contribution is 0.0157. The molecule has 2 rings (SSSR count). The first kappa shape index (κ1) is 15.2. The number of anilines is 1. The quantitative estimate of drug-likeness (QED) is 0.798. The molecular formula is C14H17FN2O4. The third kappa shape index (κ3) is 4.16. The van der Waals surface area contributed by atoms with Gasteiger partial charge in [0.2, 0.25) is 0 Å². The summed E-state index contributed by atoms with van der Waals surface area (Å²) in [6, 6.07) is 2.53. The first-order valence-electron chi connectivity index (χ1n) is 6.67. The number of benzene rings is 1. The van der Waals surface area contributed by atoms with E-state index in [0.29, 0.717) is 19.4 Å². The summed E-state index contributed by atoms with van der Waals surface area (Å²) in [4.78, 5) is 22.9. The van der Waals surface area contributed by atoms with Gasteiger partial charge in [0.05, 0.1) is 17.4 Å². The third-order valence-corrected chi connectivity index (χ3v) is 3.28. The van der Waals surface area contributed by atoms with E-state index >= 15 is 0 Å². The van der Waals surface area contributed by atoms with Gasteiger partial charge in [0.15, 0.2) is 0 Å². The van der Waals surface area contributed by atoms with E-state index in [0.717, 1.165) is 18.2 Å². The molecule has 2 atom stereocenters. The highest BCUT2D eigenvalue weighted by Gasteiger charge is 2.21. The van der Waals surface area contributed by atoms with Gasteiger partial charge in [0, 0.05) is 12.6 Å². The SMILES string of the molecule is CC1CC(NC(=O)Nc2cc(F)ccc2C(=O)O)CCO1.